The number of amides is 1. The van der Waals surface area contributed by atoms with Gasteiger partial charge in [0.25, 0.3) is 5.91 Å². The summed E-state index contributed by atoms with van der Waals surface area (Å²) in [7, 11) is 0. The van der Waals surface area contributed by atoms with Crippen LogP contribution in [0.1, 0.15) is 47.3 Å². The van der Waals surface area contributed by atoms with E-state index < -0.39 is 0 Å². The molecule has 0 spiro atoms. The van der Waals surface area contributed by atoms with Gasteiger partial charge in [-0.05, 0) is 59.7 Å². The Kier molecular flexibility index (Phi) is 6.66. The highest BCUT2D eigenvalue weighted by molar-refractivity contribution is 6.00. The monoisotopic (exact) mass is 468 g/mol. The largest absolute Gasteiger partial charge is 0.395 e. The number of benzene rings is 3. The molecule has 1 aliphatic rings. The van der Waals surface area contributed by atoms with Crippen molar-refractivity contribution >= 4 is 33.8 Å². The number of aliphatic hydroxyl groups excluding tert-OH is 1. The first-order valence-corrected chi connectivity index (χ1v) is 12.4. The second-order valence-corrected chi connectivity index (χ2v) is 9.51. The predicted octanol–water partition coefficient (Wildman–Crippen LogP) is 4.54. The molecule has 0 unspecified atom stereocenters. The Balaban J connectivity index is 1.61. The fourth-order valence-electron chi connectivity index (χ4n) is 5.43. The molecule has 180 valence electrons. The van der Waals surface area contributed by atoms with Crippen LogP contribution in [-0.2, 0) is 6.54 Å². The molecule has 0 saturated heterocycles. The molecule has 1 aromatic heterocycles. The van der Waals surface area contributed by atoms with Crippen LogP contribution in [0.4, 0.5) is 0 Å². The topological polar surface area (TPSA) is 95.3 Å². The Morgan fingerprint density at radius 3 is 2.57 bits per heavy atom. The first-order valence-electron chi connectivity index (χ1n) is 12.4. The average molecular weight is 469 g/mol. The molecule has 1 aliphatic carbocycles. The first-order chi connectivity index (χ1) is 17.1. The molecule has 1 heterocycles. The summed E-state index contributed by atoms with van der Waals surface area (Å²) in [4.78, 5) is 15.9. The van der Waals surface area contributed by atoms with Gasteiger partial charge in [0, 0.05) is 42.3 Å². The van der Waals surface area contributed by atoms with Crippen molar-refractivity contribution in [1.82, 2.24) is 9.47 Å². The van der Waals surface area contributed by atoms with E-state index in [0.29, 0.717) is 18.8 Å². The van der Waals surface area contributed by atoms with Crippen molar-refractivity contribution in [3.63, 3.8) is 0 Å². The fourth-order valence-corrected chi connectivity index (χ4v) is 5.43. The fraction of sp³-hybridized carbons (Fsp3) is 0.310. The summed E-state index contributed by atoms with van der Waals surface area (Å²) in [6.45, 7) is 0.770. The Bertz CT molecular complexity index is 1360. The van der Waals surface area contributed by atoms with Crippen LogP contribution in [-0.4, -0.2) is 51.9 Å². The van der Waals surface area contributed by atoms with Crippen LogP contribution in [0.5, 0.6) is 0 Å². The molecule has 1 fully saturated rings. The van der Waals surface area contributed by atoms with Crippen LogP contribution in [0.2, 0.25) is 0 Å². The number of nitrogens with two attached hydrogens (primary N) is 1. The number of aromatic nitrogens is 1. The zero-order chi connectivity index (χ0) is 24.4. The summed E-state index contributed by atoms with van der Waals surface area (Å²) in [5, 5.41) is 20.8. The molecule has 0 aliphatic heterocycles. The van der Waals surface area contributed by atoms with E-state index in [9.17, 15) is 9.90 Å². The van der Waals surface area contributed by atoms with E-state index in [-0.39, 0.29) is 24.6 Å². The van der Waals surface area contributed by atoms with Gasteiger partial charge in [0.15, 0.2) is 0 Å². The molecular formula is C29H32N4O2. The summed E-state index contributed by atoms with van der Waals surface area (Å²) < 4.78 is 2.07. The summed E-state index contributed by atoms with van der Waals surface area (Å²) in [6, 6.07) is 22.6. The SMILES string of the molecule is N=Cc1ccc2cc(C(=O)N(CCO)C3CCC(N)CC3)n(Cc3cccc4ccccc34)c2c1. The number of fused-ring (bicyclic) bond motifs is 2. The van der Waals surface area contributed by atoms with Crippen molar-refractivity contribution in [2.75, 3.05) is 13.2 Å². The van der Waals surface area contributed by atoms with Gasteiger partial charge in [0.2, 0.25) is 0 Å². The van der Waals surface area contributed by atoms with E-state index >= 15 is 0 Å². The van der Waals surface area contributed by atoms with Crippen molar-refractivity contribution in [2.24, 2.45) is 5.73 Å². The highest BCUT2D eigenvalue weighted by Crippen LogP contribution is 2.29. The molecule has 1 saturated carbocycles. The molecule has 6 nitrogen and oxygen atoms in total. The highest BCUT2D eigenvalue weighted by Gasteiger charge is 2.30. The quantitative estimate of drug-likeness (QED) is 0.347. The number of rotatable bonds is 7. The number of hydrogen-bond donors (Lipinski definition) is 3. The maximum Gasteiger partial charge on any atom is 0.270 e. The second kappa shape index (κ2) is 10.0. The van der Waals surface area contributed by atoms with E-state index in [2.05, 4.69) is 34.9 Å². The maximum absolute atomic E-state index is 14.0. The normalized spacial score (nSPS) is 18.1. The summed E-state index contributed by atoms with van der Waals surface area (Å²) in [6.07, 6.45) is 4.82. The second-order valence-electron chi connectivity index (χ2n) is 9.51. The Morgan fingerprint density at radius 2 is 1.80 bits per heavy atom. The minimum absolute atomic E-state index is 0.0626. The summed E-state index contributed by atoms with van der Waals surface area (Å²) >= 11 is 0. The molecule has 0 bridgehead atoms. The lowest BCUT2D eigenvalue weighted by molar-refractivity contribution is 0.0567. The van der Waals surface area contributed by atoms with Gasteiger partial charge in [0.05, 0.1) is 6.61 Å². The van der Waals surface area contributed by atoms with Crippen LogP contribution >= 0.6 is 0 Å². The molecule has 4 N–H and O–H groups in total. The van der Waals surface area contributed by atoms with E-state index in [4.69, 9.17) is 11.1 Å². The molecular weight excluding hydrogens is 436 g/mol. The molecule has 0 radical (unpaired) electrons. The molecule has 6 heteroatoms. The minimum Gasteiger partial charge on any atom is -0.395 e. The summed E-state index contributed by atoms with van der Waals surface area (Å²) in [5.74, 6) is -0.0626. The van der Waals surface area contributed by atoms with Crippen LogP contribution < -0.4 is 5.73 Å². The van der Waals surface area contributed by atoms with Crippen molar-refractivity contribution < 1.29 is 9.90 Å². The highest BCUT2D eigenvalue weighted by atomic mass is 16.3. The number of nitrogens with zero attached hydrogens (tertiary/aromatic N) is 2. The smallest absolute Gasteiger partial charge is 0.270 e. The van der Waals surface area contributed by atoms with Gasteiger partial charge in [-0.1, -0.05) is 54.6 Å². The van der Waals surface area contributed by atoms with Crippen molar-refractivity contribution in [3.8, 4) is 0 Å². The number of hydrogen-bond acceptors (Lipinski definition) is 4. The number of carbonyl (C=O) groups is 1. The van der Waals surface area contributed by atoms with Crippen LogP contribution in [0.3, 0.4) is 0 Å². The lowest BCUT2D eigenvalue weighted by Gasteiger charge is -2.36. The number of carbonyl (C=O) groups excluding carboxylic acids is 1. The molecule has 5 rings (SSSR count). The van der Waals surface area contributed by atoms with Gasteiger partial charge in [-0.25, -0.2) is 0 Å². The predicted molar refractivity (Wildman–Crippen MR) is 141 cm³/mol. The van der Waals surface area contributed by atoms with E-state index in [1.165, 1.54) is 6.21 Å². The first kappa shape index (κ1) is 23.3. The van der Waals surface area contributed by atoms with Gasteiger partial charge in [-0.3, -0.25) is 4.79 Å². The lowest BCUT2D eigenvalue weighted by Crippen LogP contribution is -2.46. The van der Waals surface area contributed by atoms with Crippen molar-refractivity contribution in [3.05, 3.63) is 83.6 Å². The van der Waals surface area contributed by atoms with Crippen LogP contribution in [0, 0.1) is 5.41 Å². The lowest BCUT2D eigenvalue weighted by atomic mass is 9.90. The maximum atomic E-state index is 14.0. The van der Waals surface area contributed by atoms with Crippen molar-refractivity contribution in [2.45, 2.75) is 44.3 Å². The minimum atomic E-state index is -0.0736. The zero-order valence-electron chi connectivity index (χ0n) is 19.9. The van der Waals surface area contributed by atoms with Gasteiger partial charge >= 0.3 is 0 Å². The molecule has 3 aromatic carbocycles. The average Bonchev–Trinajstić information content (AvgIpc) is 3.25. The van der Waals surface area contributed by atoms with Gasteiger partial charge in [-0.2, -0.15) is 0 Å². The van der Waals surface area contributed by atoms with E-state index in [1.54, 1.807) is 0 Å². The number of nitrogens with one attached hydrogen (secondary N) is 1. The van der Waals surface area contributed by atoms with Crippen LogP contribution in [0.25, 0.3) is 21.7 Å². The van der Waals surface area contributed by atoms with Crippen LogP contribution in [0.15, 0.2) is 66.7 Å². The zero-order valence-corrected chi connectivity index (χ0v) is 19.9. The third-order valence-electron chi connectivity index (χ3n) is 7.31. The van der Waals surface area contributed by atoms with E-state index in [1.807, 2.05) is 41.3 Å². The Morgan fingerprint density at radius 1 is 1.03 bits per heavy atom. The Labute approximate surface area is 205 Å². The van der Waals surface area contributed by atoms with Crippen molar-refractivity contribution in [1.29, 1.82) is 5.41 Å². The standard InChI is InChI=1S/C29H32N4O2/c30-18-20-8-9-22-17-28(29(35)32(14-15-34)25-12-10-24(31)11-13-25)33(27(22)16-20)19-23-6-3-5-21-4-1-2-7-26(21)23/h1-9,16-18,24-25,30,34H,10-15,19,31H2. The Hall–Kier alpha value is -3.48. The molecule has 1 amide bonds. The third kappa shape index (κ3) is 4.59. The van der Waals surface area contributed by atoms with E-state index in [0.717, 1.165) is 58.5 Å². The van der Waals surface area contributed by atoms with Gasteiger partial charge in [-0.15, -0.1) is 0 Å². The molecule has 4 aromatic rings. The van der Waals surface area contributed by atoms with Gasteiger partial charge in [0.1, 0.15) is 5.69 Å². The summed E-state index contributed by atoms with van der Waals surface area (Å²) in [5.41, 5.74) is 9.58. The number of aliphatic hydroxyl groups is 1. The third-order valence-corrected chi connectivity index (χ3v) is 7.31. The molecule has 35 heavy (non-hydrogen) atoms. The molecule has 0 atom stereocenters. The van der Waals surface area contributed by atoms with Gasteiger partial charge < -0.3 is 25.7 Å².